The van der Waals surface area contributed by atoms with Gasteiger partial charge in [0.1, 0.15) is 5.75 Å². The number of benzene rings is 2. The zero-order valence-corrected chi connectivity index (χ0v) is 21.4. The number of rotatable bonds is 13. The summed E-state index contributed by atoms with van der Waals surface area (Å²) >= 11 is 0. The fourth-order valence-electron chi connectivity index (χ4n) is 3.50. The highest BCUT2D eigenvalue weighted by Crippen LogP contribution is 2.51. The van der Waals surface area contributed by atoms with Crippen LogP contribution in [0.3, 0.4) is 0 Å². The second-order valence-corrected chi connectivity index (χ2v) is 9.98. The molecule has 34 heavy (non-hydrogen) atoms. The number of phosphoric ester groups is 1. The van der Waals surface area contributed by atoms with E-state index in [-0.39, 0.29) is 24.7 Å². The third-order valence-electron chi connectivity index (χ3n) is 5.60. The van der Waals surface area contributed by atoms with Crippen molar-refractivity contribution in [1.29, 1.82) is 0 Å². The summed E-state index contributed by atoms with van der Waals surface area (Å²) in [5.41, 5.74) is 2.78. The molecule has 1 aliphatic heterocycles. The first-order valence-electron chi connectivity index (χ1n) is 12.1. The van der Waals surface area contributed by atoms with Gasteiger partial charge in [-0.3, -0.25) is 13.8 Å². The molecule has 1 heterocycles. The molecule has 186 valence electrons. The molecule has 3 rings (SSSR count). The molecule has 0 amide bonds. The summed E-state index contributed by atoms with van der Waals surface area (Å²) in [6.45, 7) is 9.23. The largest absolute Gasteiger partial charge is 0.530 e. The molecule has 1 saturated heterocycles. The fourth-order valence-corrected chi connectivity index (χ4v) is 4.78. The maximum absolute atomic E-state index is 13.6. The lowest BCUT2D eigenvalue weighted by Gasteiger charge is -2.29. The minimum Gasteiger partial charge on any atom is -0.403 e. The molecule has 0 aromatic heterocycles. The zero-order valence-electron chi connectivity index (χ0n) is 20.5. The molecular weight excluding hydrogens is 453 g/mol. The van der Waals surface area contributed by atoms with Crippen LogP contribution in [0.4, 0.5) is 5.69 Å². The Labute approximate surface area is 203 Å². The summed E-state index contributed by atoms with van der Waals surface area (Å²) < 4.78 is 36.2. The van der Waals surface area contributed by atoms with Crippen LogP contribution in [0.25, 0.3) is 0 Å². The van der Waals surface area contributed by atoms with Crippen LogP contribution >= 0.6 is 7.82 Å². The van der Waals surface area contributed by atoms with Crippen molar-refractivity contribution in [2.75, 3.05) is 44.4 Å². The van der Waals surface area contributed by atoms with Crippen LogP contribution in [0.1, 0.15) is 61.0 Å². The molecule has 0 atom stereocenters. The molecule has 8 heteroatoms. The highest BCUT2D eigenvalue weighted by molar-refractivity contribution is 7.48. The Morgan fingerprint density at radius 3 is 2.18 bits per heavy atom. The van der Waals surface area contributed by atoms with Gasteiger partial charge >= 0.3 is 7.82 Å². The molecule has 0 N–H and O–H groups in total. The van der Waals surface area contributed by atoms with Crippen molar-refractivity contribution in [2.24, 2.45) is 0 Å². The first-order chi connectivity index (χ1) is 16.5. The standard InChI is InChI=1S/C26H36NO6P/c1-4-6-16-31-34(29,32-17-7-5-2)33-25-20-23(27-14-18-30-19-15-27)12-13-24(25)26(28)22-10-8-21(3)9-11-22/h8-13,20H,4-7,14-19H2,1-3H3. The second kappa shape index (κ2) is 13.1. The van der Waals surface area contributed by atoms with Gasteiger partial charge in [0.05, 0.1) is 32.0 Å². The number of anilines is 1. The summed E-state index contributed by atoms with van der Waals surface area (Å²) in [5.74, 6) is -0.0110. The first kappa shape index (κ1) is 26.4. The molecule has 1 fully saturated rings. The van der Waals surface area contributed by atoms with Crippen LogP contribution in [-0.2, 0) is 18.3 Å². The number of ether oxygens (including phenoxy) is 1. The van der Waals surface area contributed by atoms with Crippen LogP contribution in [0.2, 0.25) is 0 Å². The summed E-state index contributed by atoms with van der Waals surface area (Å²) in [6.07, 6.45) is 3.23. The Morgan fingerprint density at radius 1 is 0.971 bits per heavy atom. The van der Waals surface area contributed by atoms with E-state index in [2.05, 4.69) is 4.90 Å². The first-order valence-corrected chi connectivity index (χ1v) is 13.6. The molecule has 2 aromatic carbocycles. The van der Waals surface area contributed by atoms with Gasteiger partial charge in [-0.25, -0.2) is 4.57 Å². The minimum atomic E-state index is -3.92. The van der Waals surface area contributed by atoms with Crippen LogP contribution < -0.4 is 9.42 Å². The number of nitrogens with zero attached hydrogens (tertiary/aromatic N) is 1. The lowest BCUT2D eigenvalue weighted by atomic mass is 10.0. The number of phosphoric acid groups is 1. The minimum absolute atomic E-state index is 0.200. The predicted molar refractivity (Wildman–Crippen MR) is 134 cm³/mol. The van der Waals surface area contributed by atoms with Gasteiger partial charge < -0.3 is 14.2 Å². The molecule has 0 aliphatic carbocycles. The van der Waals surface area contributed by atoms with Crippen molar-refractivity contribution in [3.8, 4) is 5.75 Å². The van der Waals surface area contributed by atoms with E-state index in [0.717, 1.165) is 50.0 Å². The molecule has 0 saturated carbocycles. The number of morpholine rings is 1. The highest BCUT2D eigenvalue weighted by Gasteiger charge is 2.31. The van der Waals surface area contributed by atoms with Crippen LogP contribution in [0.5, 0.6) is 5.75 Å². The van der Waals surface area contributed by atoms with Gasteiger partial charge in [-0.2, -0.15) is 0 Å². The van der Waals surface area contributed by atoms with Crippen LogP contribution in [0, 0.1) is 6.92 Å². The third kappa shape index (κ3) is 7.41. The molecule has 0 radical (unpaired) electrons. The van der Waals surface area contributed by atoms with Gasteiger partial charge in [-0.1, -0.05) is 56.5 Å². The van der Waals surface area contributed by atoms with E-state index in [1.807, 2.05) is 39.0 Å². The Hall–Kier alpha value is -2.18. The molecule has 2 aromatic rings. The summed E-state index contributed by atoms with van der Waals surface area (Å²) in [5, 5.41) is 0. The van der Waals surface area contributed by atoms with E-state index in [4.69, 9.17) is 18.3 Å². The molecule has 0 bridgehead atoms. The highest BCUT2D eigenvalue weighted by atomic mass is 31.2. The average Bonchev–Trinajstić information content (AvgIpc) is 2.85. The Morgan fingerprint density at radius 2 is 1.59 bits per heavy atom. The van der Waals surface area contributed by atoms with E-state index in [0.29, 0.717) is 24.3 Å². The van der Waals surface area contributed by atoms with E-state index >= 15 is 0 Å². The number of carbonyl (C=O) groups is 1. The van der Waals surface area contributed by atoms with Gasteiger partial charge in [-0.15, -0.1) is 0 Å². The average molecular weight is 490 g/mol. The van der Waals surface area contributed by atoms with Crippen molar-refractivity contribution < 1.29 is 27.7 Å². The van der Waals surface area contributed by atoms with Gasteiger partial charge in [-0.05, 0) is 31.9 Å². The van der Waals surface area contributed by atoms with Crippen LogP contribution in [0.15, 0.2) is 42.5 Å². The second-order valence-electron chi connectivity index (χ2n) is 8.39. The van der Waals surface area contributed by atoms with Crippen molar-refractivity contribution in [3.05, 3.63) is 59.2 Å². The predicted octanol–water partition coefficient (Wildman–Crippen LogP) is 6.18. The molecule has 0 spiro atoms. The Kier molecular flexibility index (Phi) is 10.1. The molecule has 1 aliphatic rings. The summed E-state index contributed by atoms with van der Waals surface area (Å²) in [4.78, 5) is 15.5. The fraction of sp³-hybridized carbons (Fsp3) is 0.500. The van der Waals surface area contributed by atoms with Gasteiger partial charge in [0, 0.05) is 30.4 Å². The Balaban J connectivity index is 1.95. The summed E-state index contributed by atoms with van der Waals surface area (Å²) in [6, 6.07) is 12.7. The van der Waals surface area contributed by atoms with Crippen molar-refractivity contribution >= 4 is 19.3 Å². The van der Waals surface area contributed by atoms with E-state index in [1.165, 1.54) is 0 Å². The van der Waals surface area contributed by atoms with Gasteiger partial charge in [0.25, 0.3) is 0 Å². The molecule has 0 unspecified atom stereocenters. The monoisotopic (exact) mass is 489 g/mol. The van der Waals surface area contributed by atoms with Crippen molar-refractivity contribution in [1.82, 2.24) is 0 Å². The van der Waals surface area contributed by atoms with E-state index in [9.17, 15) is 9.36 Å². The number of hydrogen-bond donors (Lipinski definition) is 0. The van der Waals surface area contributed by atoms with Crippen LogP contribution in [-0.4, -0.2) is 45.3 Å². The third-order valence-corrected chi connectivity index (χ3v) is 7.02. The van der Waals surface area contributed by atoms with Crippen molar-refractivity contribution in [3.63, 3.8) is 0 Å². The number of hydrogen-bond acceptors (Lipinski definition) is 7. The van der Waals surface area contributed by atoms with E-state index < -0.39 is 7.82 Å². The lowest BCUT2D eigenvalue weighted by Crippen LogP contribution is -2.36. The number of ketones is 1. The van der Waals surface area contributed by atoms with Gasteiger partial charge in [0.15, 0.2) is 5.78 Å². The quantitative estimate of drug-likeness (QED) is 0.189. The zero-order chi connectivity index (χ0) is 24.4. The van der Waals surface area contributed by atoms with Gasteiger partial charge in [0.2, 0.25) is 0 Å². The normalized spacial score (nSPS) is 14.3. The maximum atomic E-state index is 13.6. The topological polar surface area (TPSA) is 74.3 Å². The molecule has 7 nitrogen and oxygen atoms in total. The maximum Gasteiger partial charge on any atom is 0.530 e. The number of carbonyl (C=O) groups excluding carboxylic acids is 1. The smallest absolute Gasteiger partial charge is 0.403 e. The lowest BCUT2D eigenvalue weighted by molar-refractivity contribution is 0.103. The Bertz CT molecular complexity index is 958. The number of aryl methyl sites for hydroxylation is 1. The summed E-state index contributed by atoms with van der Waals surface area (Å²) in [7, 11) is -3.92. The SMILES string of the molecule is CCCCOP(=O)(OCCCC)Oc1cc(N2CCOCC2)ccc1C(=O)c1ccc(C)cc1. The number of unbranched alkanes of at least 4 members (excludes halogenated alkanes) is 2. The molecular formula is C26H36NO6P. The van der Waals surface area contributed by atoms with Crippen molar-refractivity contribution in [2.45, 2.75) is 46.5 Å². The van der Waals surface area contributed by atoms with E-state index in [1.54, 1.807) is 24.3 Å².